The predicted octanol–water partition coefficient (Wildman–Crippen LogP) is 3.62. The summed E-state index contributed by atoms with van der Waals surface area (Å²) in [5.41, 5.74) is 0.516. The topological polar surface area (TPSA) is 68.3 Å². The second-order valence-electron chi connectivity index (χ2n) is 3.97. The van der Waals surface area contributed by atoms with Crippen molar-refractivity contribution in [3.63, 3.8) is 0 Å². The van der Waals surface area contributed by atoms with Gasteiger partial charge in [0.2, 0.25) is 0 Å². The van der Waals surface area contributed by atoms with Gasteiger partial charge in [-0.05, 0) is 24.7 Å². The first kappa shape index (κ1) is 13.6. The van der Waals surface area contributed by atoms with Gasteiger partial charge in [-0.25, -0.2) is 0 Å². The number of nitrogens with zero attached hydrogens (tertiary/aromatic N) is 1. The van der Waals surface area contributed by atoms with Crippen molar-refractivity contribution in [2.75, 3.05) is 6.54 Å². The number of nitro groups is 1. The highest BCUT2D eigenvalue weighted by molar-refractivity contribution is 6.33. The summed E-state index contributed by atoms with van der Waals surface area (Å²) in [6.45, 7) is 3.46. The van der Waals surface area contributed by atoms with Crippen molar-refractivity contribution in [1.29, 1.82) is 0 Å². The fourth-order valence-electron chi connectivity index (χ4n) is 1.68. The molecule has 0 aliphatic rings. The lowest BCUT2D eigenvalue weighted by atomic mass is 10.1. The molecule has 0 atom stereocenters. The van der Waals surface area contributed by atoms with Crippen LogP contribution >= 0.6 is 11.6 Å². The maximum Gasteiger partial charge on any atom is 0.270 e. The molecule has 1 N–H and O–H groups in total. The van der Waals surface area contributed by atoms with E-state index in [4.69, 9.17) is 16.0 Å². The molecule has 0 radical (unpaired) electrons. The van der Waals surface area contributed by atoms with Gasteiger partial charge in [0, 0.05) is 17.7 Å². The minimum Gasteiger partial charge on any atom is -0.460 e. The van der Waals surface area contributed by atoms with E-state index >= 15 is 0 Å². The van der Waals surface area contributed by atoms with Crippen molar-refractivity contribution in [2.24, 2.45) is 0 Å². The van der Waals surface area contributed by atoms with Crippen LogP contribution in [0.15, 0.2) is 34.7 Å². The second-order valence-corrected chi connectivity index (χ2v) is 4.37. The highest BCUT2D eigenvalue weighted by Crippen LogP contribution is 2.32. The summed E-state index contributed by atoms with van der Waals surface area (Å²) in [5.74, 6) is 1.29. The van der Waals surface area contributed by atoms with Gasteiger partial charge in [-0.1, -0.05) is 18.5 Å². The third kappa shape index (κ3) is 3.13. The normalized spacial score (nSPS) is 10.6. The highest BCUT2D eigenvalue weighted by Gasteiger charge is 2.14. The summed E-state index contributed by atoms with van der Waals surface area (Å²) in [6.07, 6.45) is 0. The van der Waals surface area contributed by atoms with E-state index in [-0.39, 0.29) is 5.69 Å². The molecule has 2 aromatic rings. The molecule has 0 saturated carbocycles. The Morgan fingerprint density at radius 3 is 2.84 bits per heavy atom. The molecule has 0 spiro atoms. The minimum absolute atomic E-state index is 0.0102. The molecule has 0 bridgehead atoms. The monoisotopic (exact) mass is 280 g/mol. The maximum absolute atomic E-state index is 10.8. The van der Waals surface area contributed by atoms with E-state index < -0.39 is 4.92 Å². The fraction of sp³-hybridized carbons (Fsp3) is 0.231. The number of furan rings is 1. The van der Waals surface area contributed by atoms with Crippen LogP contribution in [0.2, 0.25) is 5.02 Å². The van der Waals surface area contributed by atoms with Crippen LogP contribution in [-0.4, -0.2) is 11.5 Å². The van der Waals surface area contributed by atoms with Gasteiger partial charge in [0.1, 0.15) is 11.5 Å². The number of benzene rings is 1. The van der Waals surface area contributed by atoms with E-state index in [0.717, 1.165) is 12.3 Å². The molecule has 2 rings (SSSR count). The van der Waals surface area contributed by atoms with Crippen LogP contribution in [-0.2, 0) is 6.54 Å². The molecule has 6 heteroatoms. The molecule has 5 nitrogen and oxygen atoms in total. The van der Waals surface area contributed by atoms with Gasteiger partial charge in [0.15, 0.2) is 0 Å². The van der Waals surface area contributed by atoms with Gasteiger partial charge in [-0.15, -0.1) is 0 Å². The number of nitro benzene ring substituents is 1. The number of hydrogen-bond donors (Lipinski definition) is 1. The van der Waals surface area contributed by atoms with Crippen LogP contribution in [0.4, 0.5) is 5.69 Å². The molecule has 1 heterocycles. The molecule has 0 fully saturated rings. The maximum atomic E-state index is 10.8. The Balaban J connectivity index is 2.32. The second kappa shape index (κ2) is 5.86. The van der Waals surface area contributed by atoms with Crippen LogP contribution in [0.25, 0.3) is 11.3 Å². The van der Waals surface area contributed by atoms with Crippen molar-refractivity contribution >= 4 is 17.3 Å². The van der Waals surface area contributed by atoms with Crippen molar-refractivity contribution in [3.05, 3.63) is 51.2 Å². The van der Waals surface area contributed by atoms with Crippen molar-refractivity contribution in [1.82, 2.24) is 5.32 Å². The van der Waals surface area contributed by atoms with Crippen molar-refractivity contribution in [2.45, 2.75) is 13.5 Å². The molecule has 100 valence electrons. The highest BCUT2D eigenvalue weighted by atomic mass is 35.5. The van der Waals surface area contributed by atoms with E-state index in [0.29, 0.717) is 22.9 Å². The first-order chi connectivity index (χ1) is 9.11. The average Bonchev–Trinajstić information content (AvgIpc) is 2.85. The predicted molar refractivity (Wildman–Crippen MR) is 73.2 cm³/mol. The minimum atomic E-state index is -0.456. The van der Waals surface area contributed by atoms with Gasteiger partial charge in [-0.2, -0.15) is 0 Å². The Morgan fingerprint density at radius 2 is 2.16 bits per heavy atom. The summed E-state index contributed by atoms with van der Waals surface area (Å²) in [4.78, 5) is 10.3. The molecule has 0 saturated heterocycles. The smallest absolute Gasteiger partial charge is 0.270 e. The van der Waals surface area contributed by atoms with Crippen molar-refractivity contribution < 1.29 is 9.34 Å². The van der Waals surface area contributed by atoms with Crippen LogP contribution in [0.5, 0.6) is 0 Å². The van der Waals surface area contributed by atoms with E-state index in [2.05, 4.69) is 5.32 Å². The summed E-state index contributed by atoms with van der Waals surface area (Å²) in [5, 5.41) is 14.3. The zero-order valence-corrected chi connectivity index (χ0v) is 11.1. The number of rotatable bonds is 5. The summed E-state index contributed by atoms with van der Waals surface area (Å²) >= 11 is 6.05. The average molecular weight is 281 g/mol. The fourth-order valence-corrected chi connectivity index (χ4v) is 1.89. The number of non-ortho nitro benzene ring substituents is 1. The summed E-state index contributed by atoms with van der Waals surface area (Å²) in [7, 11) is 0. The van der Waals surface area contributed by atoms with E-state index in [9.17, 15) is 10.1 Å². The van der Waals surface area contributed by atoms with Crippen LogP contribution in [0.3, 0.4) is 0 Å². The Morgan fingerprint density at radius 1 is 1.37 bits per heavy atom. The van der Waals surface area contributed by atoms with Gasteiger partial charge >= 0.3 is 0 Å². The Kier molecular flexibility index (Phi) is 4.19. The number of hydrogen-bond acceptors (Lipinski definition) is 4. The SMILES string of the molecule is CCNCc1ccc(-c2cc([N+](=O)[O-])ccc2Cl)o1. The van der Waals surface area contributed by atoms with E-state index in [1.165, 1.54) is 18.2 Å². The summed E-state index contributed by atoms with van der Waals surface area (Å²) in [6, 6.07) is 7.87. The quantitative estimate of drug-likeness (QED) is 0.671. The largest absolute Gasteiger partial charge is 0.460 e. The van der Waals surface area contributed by atoms with E-state index in [1.807, 2.05) is 13.0 Å². The Labute approximate surface area is 115 Å². The third-order valence-corrected chi connectivity index (χ3v) is 2.97. The summed E-state index contributed by atoms with van der Waals surface area (Å²) < 4.78 is 5.62. The molecular weight excluding hydrogens is 268 g/mol. The van der Waals surface area contributed by atoms with Crippen LogP contribution in [0.1, 0.15) is 12.7 Å². The molecule has 1 aromatic heterocycles. The Bertz CT molecular complexity index is 595. The molecule has 0 unspecified atom stereocenters. The lowest BCUT2D eigenvalue weighted by Gasteiger charge is -2.01. The molecule has 0 aliphatic heterocycles. The lowest BCUT2D eigenvalue weighted by molar-refractivity contribution is -0.384. The standard InChI is InChI=1S/C13H13ClN2O3/c1-2-15-8-10-4-6-13(19-10)11-7-9(16(17)18)3-5-12(11)14/h3-7,15H,2,8H2,1H3. The van der Waals surface area contributed by atoms with Crippen LogP contribution < -0.4 is 5.32 Å². The lowest BCUT2D eigenvalue weighted by Crippen LogP contribution is -2.10. The molecule has 0 aliphatic carbocycles. The molecule has 1 aromatic carbocycles. The van der Waals surface area contributed by atoms with Crippen LogP contribution in [0, 0.1) is 10.1 Å². The molecular formula is C13H13ClN2O3. The van der Waals surface area contributed by atoms with Crippen molar-refractivity contribution in [3.8, 4) is 11.3 Å². The first-order valence-electron chi connectivity index (χ1n) is 5.85. The zero-order chi connectivity index (χ0) is 13.8. The zero-order valence-electron chi connectivity index (χ0n) is 10.4. The number of halogens is 1. The van der Waals surface area contributed by atoms with E-state index in [1.54, 1.807) is 6.07 Å². The van der Waals surface area contributed by atoms with Gasteiger partial charge in [0.25, 0.3) is 5.69 Å². The van der Waals surface area contributed by atoms with Gasteiger partial charge < -0.3 is 9.73 Å². The molecule has 0 amide bonds. The first-order valence-corrected chi connectivity index (χ1v) is 6.23. The number of nitrogens with one attached hydrogen (secondary N) is 1. The third-order valence-electron chi connectivity index (χ3n) is 2.64. The molecule has 19 heavy (non-hydrogen) atoms. The van der Waals surface area contributed by atoms with Gasteiger partial charge in [-0.3, -0.25) is 10.1 Å². The Hall–Kier alpha value is -1.85. The van der Waals surface area contributed by atoms with Gasteiger partial charge in [0.05, 0.1) is 16.5 Å².